The summed E-state index contributed by atoms with van der Waals surface area (Å²) in [6.45, 7) is 6.76. The Labute approximate surface area is 85.8 Å². The molecule has 0 aromatic rings. The molecule has 2 aliphatic heterocycles. The van der Waals surface area contributed by atoms with E-state index >= 15 is 0 Å². The normalized spacial score (nSPS) is 38.8. The van der Waals surface area contributed by atoms with Crippen LogP contribution < -0.4 is 5.32 Å². The van der Waals surface area contributed by atoms with E-state index < -0.39 is 5.60 Å². The first kappa shape index (κ1) is 10.4. The SMILES string of the molecule is CC1(C)NCCC1(O)C1CCOCC1. The Hall–Kier alpha value is -0.120. The number of aliphatic hydroxyl groups is 1. The third kappa shape index (κ3) is 1.47. The zero-order chi connectivity index (χ0) is 10.2. The second kappa shape index (κ2) is 3.47. The summed E-state index contributed by atoms with van der Waals surface area (Å²) in [6.07, 6.45) is 2.88. The summed E-state index contributed by atoms with van der Waals surface area (Å²) >= 11 is 0. The van der Waals surface area contributed by atoms with Gasteiger partial charge in [0, 0.05) is 18.8 Å². The molecule has 2 rings (SSSR count). The molecule has 82 valence electrons. The zero-order valence-corrected chi connectivity index (χ0v) is 9.18. The molecule has 2 heterocycles. The fourth-order valence-electron chi connectivity index (χ4n) is 2.92. The maximum absolute atomic E-state index is 10.7. The van der Waals surface area contributed by atoms with Gasteiger partial charge in [-0.3, -0.25) is 0 Å². The van der Waals surface area contributed by atoms with Crippen molar-refractivity contribution >= 4 is 0 Å². The van der Waals surface area contributed by atoms with Gasteiger partial charge in [-0.05, 0) is 45.6 Å². The maximum atomic E-state index is 10.7. The molecular weight excluding hydrogens is 178 g/mol. The van der Waals surface area contributed by atoms with E-state index in [4.69, 9.17) is 4.74 Å². The minimum absolute atomic E-state index is 0.144. The second-order valence-corrected chi connectivity index (χ2v) is 5.11. The lowest BCUT2D eigenvalue weighted by Crippen LogP contribution is -2.57. The van der Waals surface area contributed by atoms with Gasteiger partial charge in [-0.25, -0.2) is 0 Å². The number of hydrogen-bond donors (Lipinski definition) is 2. The minimum atomic E-state index is -0.531. The molecule has 2 fully saturated rings. The van der Waals surface area contributed by atoms with Gasteiger partial charge in [0.2, 0.25) is 0 Å². The van der Waals surface area contributed by atoms with Gasteiger partial charge in [-0.15, -0.1) is 0 Å². The van der Waals surface area contributed by atoms with Crippen molar-refractivity contribution in [2.24, 2.45) is 5.92 Å². The molecule has 0 amide bonds. The van der Waals surface area contributed by atoms with Crippen LogP contribution in [0.1, 0.15) is 33.1 Å². The van der Waals surface area contributed by atoms with Crippen LogP contribution in [0.15, 0.2) is 0 Å². The predicted octanol–water partition coefficient (Wildman–Crippen LogP) is 0.916. The van der Waals surface area contributed by atoms with Crippen molar-refractivity contribution < 1.29 is 9.84 Å². The summed E-state index contributed by atoms with van der Waals surface area (Å²) in [5.41, 5.74) is -0.675. The van der Waals surface area contributed by atoms with Crippen LogP contribution in [0.5, 0.6) is 0 Å². The second-order valence-electron chi connectivity index (χ2n) is 5.11. The van der Waals surface area contributed by atoms with Crippen molar-refractivity contribution in [2.45, 2.75) is 44.2 Å². The van der Waals surface area contributed by atoms with Gasteiger partial charge in [-0.1, -0.05) is 0 Å². The van der Waals surface area contributed by atoms with E-state index in [1.165, 1.54) is 0 Å². The number of rotatable bonds is 1. The Bertz CT molecular complexity index is 211. The van der Waals surface area contributed by atoms with E-state index in [-0.39, 0.29) is 5.54 Å². The summed E-state index contributed by atoms with van der Waals surface area (Å²) in [5, 5.41) is 14.1. The highest BCUT2D eigenvalue weighted by Crippen LogP contribution is 2.41. The predicted molar refractivity (Wildman–Crippen MR) is 55.2 cm³/mol. The Kier molecular flexibility index (Phi) is 2.58. The molecule has 1 atom stereocenters. The topological polar surface area (TPSA) is 41.5 Å². The van der Waals surface area contributed by atoms with Crippen molar-refractivity contribution in [3.8, 4) is 0 Å². The molecule has 0 aromatic heterocycles. The first-order valence-electron chi connectivity index (χ1n) is 5.61. The van der Waals surface area contributed by atoms with Gasteiger partial charge in [0.15, 0.2) is 0 Å². The molecule has 3 nitrogen and oxygen atoms in total. The van der Waals surface area contributed by atoms with Crippen molar-refractivity contribution in [3.63, 3.8) is 0 Å². The third-order valence-corrected chi connectivity index (χ3v) is 4.05. The lowest BCUT2D eigenvalue weighted by molar-refractivity contribution is -0.0942. The molecule has 2 saturated heterocycles. The Balaban J connectivity index is 2.13. The molecule has 2 aliphatic rings. The monoisotopic (exact) mass is 199 g/mol. The van der Waals surface area contributed by atoms with E-state index in [9.17, 15) is 5.11 Å². The summed E-state index contributed by atoms with van der Waals surface area (Å²) < 4.78 is 5.34. The number of ether oxygens (including phenoxy) is 1. The van der Waals surface area contributed by atoms with Crippen molar-refractivity contribution in [2.75, 3.05) is 19.8 Å². The van der Waals surface area contributed by atoms with Gasteiger partial charge in [0.05, 0.1) is 5.60 Å². The molecule has 3 heteroatoms. The molecular formula is C11H21NO2. The summed E-state index contributed by atoms with van der Waals surface area (Å²) in [4.78, 5) is 0. The summed E-state index contributed by atoms with van der Waals surface area (Å²) in [7, 11) is 0. The van der Waals surface area contributed by atoms with E-state index in [1.807, 2.05) is 0 Å². The van der Waals surface area contributed by atoms with Gasteiger partial charge in [0.25, 0.3) is 0 Å². The van der Waals surface area contributed by atoms with E-state index in [2.05, 4.69) is 19.2 Å². The number of nitrogens with one attached hydrogen (secondary N) is 1. The van der Waals surface area contributed by atoms with Crippen LogP contribution in [0.2, 0.25) is 0 Å². The maximum Gasteiger partial charge on any atom is 0.0864 e. The fraction of sp³-hybridized carbons (Fsp3) is 1.00. The van der Waals surface area contributed by atoms with Crippen LogP contribution in [0, 0.1) is 5.92 Å². The Morgan fingerprint density at radius 1 is 1.29 bits per heavy atom. The molecule has 14 heavy (non-hydrogen) atoms. The largest absolute Gasteiger partial charge is 0.388 e. The molecule has 2 N–H and O–H groups in total. The van der Waals surface area contributed by atoms with Crippen LogP contribution in [-0.2, 0) is 4.74 Å². The van der Waals surface area contributed by atoms with E-state index in [0.29, 0.717) is 5.92 Å². The average Bonchev–Trinajstić information content (AvgIpc) is 2.44. The number of hydrogen-bond acceptors (Lipinski definition) is 3. The Morgan fingerprint density at radius 3 is 2.43 bits per heavy atom. The zero-order valence-electron chi connectivity index (χ0n) is 9.18. The van der Waals surface area contributed by atoms with Crippen molar-refractivity contribution in [1.29, 1.82) is 0 Å². The lowest BCUT2D eigenvalue weighted by atomic mass is 9.71. The summed E-state index contributed by atoms with van der Waals surface area (Å²) in [6, 6.07) is 0. The molecule has 0 aliphatic carbocycles. The lowest BCUT2D eigenvalue weighted by Gasteiger charge is -2.44. The molecule has 1 unspecified atom stereocenters. The first-order valence-corrected chi connectivity index (χ1v) is 5.61. The van der Waals surface area contributed by atoms with Crippen LogP contribution in [0.4, 0.5) is 0 Å². The van der Waals surface area contributed by atoms with Gasteiger partial charge in [-0.2, -0.15) is 0 Å². The molecule has 0 aromatic carbocycles. The smallest absolute Gasteiger partial charge is 0.0864 e. The van der Waals surface area contributed by atoms with Crippen LogP contribution >= 0.6 is 0 Å². The minimum Gasteiger partial charge on any atom is -0.388 e. The van der Waals surface area contributed by atoms with Crippen LogP contribution in [-0.4, -0.2) is 36.0 Å². The molecule has 0 radical (unpaired) electrons. The summed E-state index contributed by atoms with van der Waals surface area (Å²) in [5.74, 6) is 0.404. The van der Waals surface area contributed by atoms with Gasteiger partial charge >= 0.3 is 0 Å². The third-order valence-electron chi connectivity index (χ3n) is 4.05. The first-order chi connectivity index (χ1) is 6.56. The fourth-order valence-corrected chi connectivity index (χ4v) is 2.92. The quantitative estimate of drug-likeness (QED) is 0.660. The average molecular weight is 199 g/mol. The van der Waals surface area contributed by atoms with Gasteiger partial charge in [0.1, 0.15) is 0 Å². The molecule has 0 saturated carbocycles. The highest BCUT2D eigenvalue weighted by molar-refractivity contribution is 5.08. The standard InChI is InChI=1S/C11H21NO2/c1-10(2)11(13,5-6-12-10)9-3-7-14-8-4-9/h9,12-13H,3-8H2,1-2H3. The van der Waals surface area contributed by atoms with Crippen molar-refractivity contribution in [1.82, 2.24) is 5.32 Å². The van der Waals surface area contributed by atoms with E-state index in [1.54, 1.807) is 0 Å². The highest BCUT2D eigenvalue weighted by Gasteiger charge is 2.52. The van der Waals surface area contributed by atoms with Gasteiger partial charge < -0.3 is 15.2 Å². The van der Waals surface area contributed by atoms with Crippen LogP contribution in [0.3, 0.4) is 0 Å². The van der Waals surface area contributed by atoms with Crippen LogP contribution in [0.25, 0.3) is 0 Å². The molecule has 0 bridgehead atoms. The van der Waals surface area contributed by atoms with Crippen molar-refractivity contribution in [3.05, 3.63) is 0 Å². The van der Waals surface area contributed by atoms with E-state index in [0.717, 1.165) is 39.0 Å². The Morgan fingerprint density at radius 2 is 1.93 bits per heavy atom. The molecule has 0 spiro atoms. The highest BCUT2D eigenvalue weighted by atomic mass is 16.5.